The highest BCUT2D eigenvalue weighted by Gasteiger charge is 2.23. The third-order valence-corrected chi connectivity index (χ3v) is 3.37. The Morgan fingerprint density at radius 2 is 2.06 bits per heavy atom. The minimum absolute atomic E-state index is 0.0698. The summed E-state index contributed by atoms with van der Waals surface area (Å²) in [6.07, 6.45) is 1.94. The fourth-order valence-corrected chi connectivity index (χ4v) is 2.30. The maximum atomic E-state index is 13.2. The first-order valence-corrected chi connectivity index (χ1v) is 5.78. The molecule has 0 unspecified atom stereocenters. The fraction of sp³-hybridized carbons (Fsp3) is 0.538. The second-order valence-corrected chi connectivity index (χ2v) is 4.48. The molecule has 0 bridgehead atoms. The first kappa shape index (κ1) is 11.6. The van der Waals surface area contributed by atoms with Crippen molar-refractivity contribution in [3.05, 3.63) is 35.1 Å². The summed E-state index contributed by atoms with van der Waals surface area (Å²) in [6.45, 7) is 3.52. The first-order valence-electron chi connectivity index (χ1n) is 5.78. The Morgan fingerprint density at radius 1 is 1.38 bits per heavy atom. The summed E-state index contributed by atoms with van der Waals surface area (Å²) in [4.78, 5) is 0. The van der Waals surface area contributed by atoms with Crippen molar-refractivity contribution in [1.82, 2.24) is 0 Å². The van der Waals surface area contributed by atoms with Crippen molar-refractivity contribution in [1.29, 1.82) is 0 Å². The van der Waals surface area contributed by atoms with Crippen LogP contribution in [0.3, 0.4) is 0 Å². The van der Waals surface area contributed by atoms with E-state index >= 15 is 0 Å². The van der Waals surface area contributed by atoms with Gasteiger partial charge in [-0.2, -0.15) is 0 Å². The van der Waals surface area contributed by atoms with E-state index in [1.54, 1.807) is 12.1 Å². The number of nitrogens with two attached hydrogens (primary N) is 1. The molecule has 1 aliphatic rings. The van der Waals surface area contributed by atoms with Crippen LogP contribution in [-0.2, 0) is 4.74 Å². The van der Waals surface area contributed by atoms with E-state index in [1.165, 1.54) is 6.07 Å². The smallest absolute Gasteiger partial charge is 0.123 e. The van der Waals surface area contributed by atoms with Gasteiger partial charge in [-0.25, -0.2) is 4.39 Å². The van der Waals surface area contributed by atoms with E-state index in [4.69, 9.17) is 10.5 Å². The van der Waals surface area contributed by atoms with Crippen LogP contribution in [0.4, 0.5) is 4.39 Å². The standard InChI is InChI=1S/C13H18FNO/c1-9-2-3-11(14)8-12(9)13(15)10-4-6-16-7-5-10/h2-3,8,10,13H,4-7,15H2,1H3/t13-/m1/s1. The number of benzene rings is 1. The molecule has 0 aliphatic carbocycles. The Labute approximate surface area is 95.6 Å². The molecule has 2 N–H and O–H groups in total. The summed E-state index contributed by atoms with van der Waals surface area (Å²) in [6, 6.07) is 4.77. The van der Waals surface area contributed by atoms with Gasteiger partial charge in [-0.15, -0.1) is 0 Å². The zero-order valence-electron chi connectivity index (χ0n) is 9.58. The molecule has 1 saturated heterocycles. The zero-order valence-corrected chi connectivity index (χ0v) is 9.58. The fourth-order valence-electron chi connectivity index (χ4n) is 2.30. The van der Waals surface area contributed by atoms with Gasteiger partial charge in [0.15, 0.2) is 0 Å². The number of hydrogen-bond acceptors (Lipinski definition) is 2. The minimum atomic E-state index is -0.205. The monoisotopic (exact) mass is 223 g/mol. The topological polar surface area (TPSA) is 35.2 Å². The minimum Gasteiger partial charge on any atom is -0.381 e. The van der Waals surface area contributed by atoms with Crippen LogP contribution in [0.25, 0.3) is 0 Å². The predicted molar refractivity (Wildman–Crippen MR) is 61.6 cm³/mol. The van der Waals surface area contributed by atoms with E-state index in [0.29, 0.717) is 5.92 Å². The second kappa shape index (κ2) is 4.93. The maximum Gasteiger partial charge on any atom is 0.123 e. The lowest BCUT2D eigenvalue weighted by Gasteiger charge is -2.28. The highest BCUT2D eigenvalue weighted by Crippen LogP contribution is 2.30. The molecule has 0 aromatic heterocycles. The molecular weight excluding hydrogens is 205 g/mol. The van der Waals surface area contributed by atoms with E-state index in [1.807, 2.05) is 6.92 Å². The molecule has 3 heteroatoms. The van der Waals surface area contributed by atoms with E-state index in [2.05, 4.69) is 0 Å². The molecule has 16 heavy (non-hydrogen) atoms. The van der Waals surface area contributed by atoms with Crippen LogP contribution in [0, 0.1) is 18.7 Å². The molecule has 2 nitrogen and oxygen atoms in total. The van der Waals surface area contributed by atoms with Gasteiger partial charge < -0.3 is 10.5 Å². The number of hydrogen-bond donors (Lipinski definition) is 1. The molecule has 0 radical (unpaired) electrons. The van der Waals surface area contributed by atoms with Gasteiger partial charge >= 0.3 is 0 Å². The summed E-state index contributed by atoms with van der Waals surface area (Å²) in [5, 5.41) is 0. The highest BCUT2D eigenvalue weighted by atomic mass is 19.1. The molecule has 1 aliphatic heterocycles. The Balaban J connectivity index is 2.18. The lowest BCUT2D eigenvalue weighted by molar-refractivity contribution is 0.0583. The van der Waals surface area contributed by atoms with E-state index in [0.717, 1.165) is 37.2 Å². The summed E-state index contributed by atoms with van der Waals surface area (Å²) < 4.78 is 18.5. The number of rotatable bonds is 2. The first-order chi connectivity index (χ1) is 7.68. The quantitative estimate of drug-likeness (QED) is 0.836. The predicted octanol–water partition coefficient (Wildman–Crippen LogP) is 2.56. The van der Waals surface area contributed by atoms with Gasteiger partial charge in [0.05, 0.1) is 0 Å². The van der Waals surface area contributed by atoms with Crippen LogP contribution < -0.4 is 5.73 Å². The van der Waals surface area contributed by atoms with Crippen molar-refractivity contribution < 1.29 is 9.13 Å². The van der Waals surface area contributed by atoms with E-state index < -0.39 is 0 Å². The van der Waals surface area contributed by atoms with Crippen LogP contribution in [0.1, 0.15) is 30.0 Å². The zero-order chi connectivity index (χ0) is 11.5. The Bertz CT molecular complexity index is 361. The molecule has 2 rings (SSSR count). The van der Waals surface area contributed by atoms with Crippen molar-refractivity contribution in [2.75, 3.05) is 13.2 Å². The van der Waals surface area contributed by atoms with Gasteiger partial charge in [0.1, 0.15) is 5.82 Å². The van der Waals surface area contributed by atoms with Gasteiger partial charge in [0.25, 0.3) is 0 Å². The van der Waals surface area contributed by atoms with Crippen LogP contribution in [0.5, 0.6) is 0 Å². The number of aryl methyl sites for hydroxylation is 1. The van der Waals surface area contributed by atoms with Crippen LogP contribution in [-0.4, -0.2) is 13.2 Å². The summed E-state index contributed by atoms with van der Waals surface area (Å²) in [5.74, 6) is 0.206. The summed E-state index contributed by atoms with van der Waals surface area (Å²) >= 11 is 0. The third-order valence-electron chi connectivity index (χ3n) is 3.37. The number of ether oxygens (including phenoxy) is 1. The average molecular weight is 223 g/mol. The van der Waals surface area contributed by atoms with Crippen molar-refractivity contribution in [2.24, 2.45) is 11.7 Å². The Hall–Kier alpha value is -0.930. The van der Waals surface area contributed by atoms with Gasteiger partial charge in [-0.1, -0.05) is 6.07 Å². The highest BCUT2D eigenvalue weighted by molar-refractivity contribution is 5.29. The van der Waals surface area contributed by atoms with Crippen LogP contribution in [0.15, 0.2) is 18.2 Å². The SMILES string of the molecule is Cc1ccc(F)cc1[C@H](N)C1CCOCC1. The van der Waals surface area contributed by atoms with Gasteiger partial charge in [0, 0.05) is 19.3 Å². The van der Waals surface area contributed by atoms with Crippen molar-refractivity contribution in [2.45, 2.75) is 25.8 Å². The lowest BCUT2D eigenvalue weighted by Crippen LogP contribution is -2.28. The van der Waals surface area contributed by atoms with Gasteiger partial charge in [-0.3, -0.25) is 0 Å². The molecule has 1 atom stereocenters. The lowest BCUT2D eigenvalue weighted by atomic mass is 9.86. The molecule has 0 amide bonds. The maximum absolute atomic E-state index is 13.2. The molecule has 0 spiro atoms. The molecule has 0 saturated carbocycles. The summed E-state index contributed by atoms with van der Waals surface area (Å²) in [7, 11) is 0. The van der Waals surface area contributed by atoms with Gasteiger partial charge in [-0.05, 0) is 48.9 Å². The largest absolute Gasteiger partial charge is 0.381 e. The molecule has 1 aromatic carbocycles. The van der Waals surface area contributed by atoms with E-state index in [-0.39, 0.29) is 11.9 Å². The molecule has 1 fully saturated rings. The molecule has 88 valence electrons. The van der Waals surface area contributed by atoms with Gasteiger partial charge in [0.2, 0.25) is 0 Å². The summed E-state index contributed by atoms with van der Waals surface area (Å²) in [5.41, 5.74) is 8.22. The Kier molecular flexibility index (Phi) is 3.56. The molecule has 1 heterocycles. The average Bonchev–Trinajstić information content (AvgIpc) is 2.32. The molecular formula is C13H18FNO. The second-order valence-electron chi connectivity index (χ2n) is 4.48. The normalized spacial score (nSPS) is 19.7. The third kappa shape index (κ3) is 2.42. The van der Waals surface area contributed by atoms with Crippen molar-refractivity contribution in [3.8, 4) is 0 Å². The van der Waals surface area contributed by atoms with Crippen LogP contribution >= 0.6 is 0 Å². The Morgan fingerprint density at radius 3 is 2.75 bits per heavy atom. The molecule has 1 aromatic rings. The van der Waals surface area contributed by atoms with E-state index in [9.17, 15) is 4.39 Å². The van der Waals surface area contributed by atoms with Crippen molar-refractivity contribution in [3.63, 3.8) is 0 Å². The van der Waals surface area contributed by atoms with Crippen molar-refractivity contribution >= 4 is 0 Å². The van der Waals surface area contributed by atoms with Crippen LogP contribution in [0.2, 0.25) is 0 Å². The number of halogens is 1.